The van der Waals surface area contributed by atoms with E-state index in [1.54, 1.807) is 0 Å². The molecule has 5 nitrogen and oxygen atoms in total. The Balaban J connectivity index is 0.00000169. The quantitative estimate of drug-likeness (QED) is 0.524. The molecule has 1 aromatic rings. The zero-order valence-corrected chi connectivity index (χ0v) is 11.5. The molecule has 14 heavy (non-hydrogen) atoms. The average molecular weight is 222 g/mol. The van der Waals surface area contributed by atoms with Crippen LogP contribution in [0.1, 0.15) is 13.8 Å². The van der Waals surface area contributed by atoms with E-state index in [9.17, 15) is 0 Å². The molecule has 73 valence electrons. The van der Waals surface area contributed by atoms with E-state index in [0.29, 0.717) is 16.7 Å². The zero-order valence-electron chi connectivity index (χ0n) is 8.72. The number of aromatic nitrogens is 3. The van der Waals surface area contributed by atoms with E-state index in [-0.39, 0.29) is 29.6 Å². The molecule has 0 aliphatic carbocycles. The summed E-state index contributed by atoms with van der Waals surface area (Å²) >= 11 is 4.89. The average Bonchev–Trinajstić information content (AvgIpc) is 2.04. The van der Waals surface area contributed by atoms with Gasteiger partial charge in [-0.1, -0.05) is 0 Å². The Labute approximate surface area is 110 Å². The first-order valence-corrected chi connectivity index (χ1v) is 4.63. The fraction of sp³-hybridized carbons (Fsp3) is 0.571. The third-order valence-electron chi connectivity index (χ3n) is 1.34. The summed E-state index contributed by atoms with van der Waals surface area (Å²) in [6.45, 7) is 5.58. The largest absolute Gasteiger partial charge is 0.356 e. The van der Waals surface area contributed by atoms with Crippen molar-refractivity contribution < 1.29 is 0 Å². The molecule has 1 rings (SSSR count). The number of nitrogens with one attached hydrogen (secondary N) is 3. The number of hydrogen-bond acceptors (Lipinski definition) is 5. The molecule has 0 unspecified atom stereocenters. The van der Waals surface area contributed by atoms with Crippen molar-refractivity contribution in [3.8, 4) is 0 Å². The molecular weight excluding hydrogens is 209 g/mol. The normalized spacial score (nSPS) is 9.00. The van der Waals surface area contributed by atoms with Gasteiger partial charge in [0, 0.05) is 42.6 Å². The van der Waals surface area contributed by atoms with Gasteiger partial charge >= 0.3 is 0 Å². The van der Waals surface area contributed by atoms with E-state index >= 15 is 0 Å². The molecule has 3 N–H and O–H groups in total. The molecule has 0 spiro atoms. The van der Waals surface area contributed by atoms with Gasteiger partial charge in [0.15, 0.2) is 0 Å². The van der Waals surface area contributed by atoms with Gasteiger partial charge < -0.3 is 10.6 Å². The number of hydrogen-bond donors (Lipinski definition) is 3. The molecule has 1 aromatic heterocycles. The van der Waals surface area contributed by atoms with Crippen LogP contribution in [0, 0.1) is 4.77 Å². The van der Waals surface area contributed by atoms with E-state index in [1.165, 1.54) is 0 Å². The summed E-state index contributed by atoms with van der Waals surface area (Å²) in [4.78, 5) is 11.0. The first kappa shape index (κ1) is 13.8. The number of nitrogens with zero attached hydrogens (tertiary/aromatic N) is 2. The van der Waals surface area contributed by atoms with Crippen LogP contribution in [0.25, 0.3) is 0 Å². The van der Waals surface area contributed by atoms with Gasteiger partial charge in [-0.25, -0.2) is 0 Å². The summed E-state index contributed by atoms with van der Waals surface area (Å²) in [6.07, 6.45) is 0. The van der Waals surface area contributed by atoms with Crippen molar-refractivity contribution in [1.29, 1.82) is 0 Å². The molecular formula is C7H13N5NaS. The van der Waals surface area contributed by atoms with Crippen LogP contribution in [-0.4, -0.2) is 57.6 Å². The van der Waals surface area contributed by atoms with Crippen LogP contribution in [-0.2, 0) is 0 Å². The third-order valence-corrected chi connectivity index (χ3v) is 1.52. The molecule has 0 aliphatic rings. The Morgan fingerprint density at radius 3 is 1.93 bits per heavy atom. The summed E-state index contributed by atoms with van der Waals surface area (Å²) in [5.74, 6) is 1.30. The van der Waals surface area contributed by atoms with Gasteiger partial charge in [0.25, 0.3) is 0 Å². The van der Waals surface area contributed by atoms with Gasteiger partial charge in [0.1, 0.15) is 0 Å². The minimum absolute atomic E-state index is 0. The van der Waals surface area contributed by atoms with Crippen molar-refractivity contribution >= 4 is 53.7 Å². The first-order valence-electron chi connectivity index (χ1n) is 4.22. The molecule has 0 amide bonds. The molecule has 0 aromatic carbocycles. The summed E-state index contributed by atoms with van der Waals surface area (Å²) in [5, 5.41) is 6.07. The minimum Gasteiger partial charge on any atom is -0.356 e. The molecule has 0 aliphatic heterocycles. The zero-order chi connectivity index (χ0) is 9.68. The predicted molar refractivity (Wildman–Crippen MR) is 61.3 cm³/mol. The predicted octanol–water partition coefficient (Wildman–Crippen LogP) is 1.02. The Morgan fingerprint density at radius 1 is 1.14 bits per heavy atom. The summed E-state index contributed by atoms with van der Waals surface area (Å²) < 4.78 is 0.339. The molecule has 0 saturated carbocycles. The Morgan fingerprint density at radius 2 is 1.57 bits per heavy atom. The van der Waals surface area contributed by atoms with Crippen molar-refractivity contribution in [3.63, 3.8) is 0 Å². The Bertz CT molecular complexity index is 299. The molecule has 0 fully saturated rings. The van der Waals surface area contributed by atoms with Gasteiger partial charge in [-0.15, -0.1) is 0 Å². The smallest absolute Gasteiger partial charge is 0.225 e. The van der Waals surface area contributed by atoms with Gasteiger partial charge in [-0.2, -0.15) is 9.97 Å². The molecule has 0 saturated heterocycles. The van der Waals surface area contributed by atoms with Crippen molar-refractivity contribution in [1.82, 2.24) is 15.0 Å². The summed E-state index contributed by atoms with van der Waals surface area (Å²) in [5.41, 5.74) is 0. The van der Waals surface area contributed by atoms with Gasteiger partial charge in [-0.05, 0) is 26.1 Å². The fourth-order valence-corrected chi connectivity index (χ4v) is 1.07. The minimum atomic E-state index is 0. The van der Waals surface area contributed by atoms with Crippen molar-refractivity contribution in [2.24, 2.45) is 0 Å². The van der Waals surface area contributed by atoms with Crippen LogP contribution < -0.4 is 10.6 Å². The molecule has 0 atom stereocenters. The first-order chi connectivity index (χ1) is 6.26. The second-order valence-corrected chi connectivity index (χ2v) is 2.75. The van der Waals surface area contributed by atoms with Crippen molar-refractivity contribution in [3.05, 3.63) is 4.77 Å². The van der Waals surface area contributed by atoms with Crippen LogP contribution in [0.5, 0.6) is 0 Å². The molecule has 1 heterocycles. The SMILES string of the molecule is CCNc1nc(=S)nc(NCC)[nH]1.[Na]. The van der Waals surface area contributed by atoms with Crippen LogP contribution in [0.4, 0.5) is 11.9 Å². The van der Waals surface area contributed by atoms with Crippen LogP contribution in [0.15, 0.2) is 0 Å². The third kappa shape index (κ3) is 4.36. The van der Waals surface area contributed by atoms with Crippen LogP contribution in [0.2, 0.25) is 0 Å². The molecule has 1 radical (unpaired) electrons. The summed E-state index contributed by atoms with van der Waals surface area (Å²) in [6, 6.07) is 0. The van der Waals surface area contributed by atoms with Crippen LogP contribution >= 0.6 is 12.2 Å². The molecule has 7 heteroatoms. The standard InChI is InChI=1S/C7H13N5S.Na/c1-3-8-5-10-6(9-4-2)12-7(13)11-5;/h3-4H2,1-2H3,(H3,8,9,10,11,12,13);. The summed E-state index contributed by atoms with van der Waals surface area (Å²) in [7, 11) is 0. The second-order valence-electron chi connectivity index (χ2n) is 2.39. The Hall–Kier alpha value is -0.170. The number of rotatable bonds is 4. The topological polar surface area (TPSA) is 65.6 Å². The second kappa shape index (κ2) is 7.17. The van der Waals surface area contributed by atoms with Crippen LogP contribution in [0.3, 0.4) is 0 Å². The van der Waals surface area contributed by atoms with E-state index in [2.05, 4.69) is 25.6 Å². The maximum Gasteiger partial charge on any atom is 0.225 e. The molecule has 0 bridgehead atoms. The maximum absolute atomic E-state index is 4.89. The number of aromatic amines is 1. The van der Waals surface area contributed by atoms with Crippen molar-refractivity contribution in [2.45, 2.75) is 13.8 Å². The fourth-order valence-electron chi connectivity index (χ4n) is 0.887. The Kier molecular flexibility index (Phi) is 7.08. The van der Waals surface area contributed by atoms with Gasteiger partial charge in [-0.3, -0.25) is 4.98 Å². The van der Waals surface area contributed by atoms with E-state index in [0.717, 1.165) is 13.1 Å². The number of H-pyrrole nitrogens is 1. The van der Waals surface area contributed by atoms with E-state index < -0.39 is 0 Å². The van der Waals surface area contributed by atoms with Gasteiger partial charge in [0.2, 0.25) is 16.7 Å². The van der Waals surface area contributed by atoms with E-state index in [4.69, 9.17) is 12.2 Å². The number of anilines is 2. The van der Waals surface area contributed by atoms with Gasteiger partial charge in [0.05, 0.1) is 0 Å². The van der Waals surface area contributed by atoms with Crippen molar-refractivity contribution in [2.75, 3.05) is 23.7 Å². The monoisotopic (exact) mass is 222 g/mol. The maximum atomic E-state index is 4.89. The van der Waals surface area contributed by atoms with E-state index in [1.807, 2.05) is 13.8 Å².